The van der Waals surface area contributed by atoms with E-state index in [1.165, 1.54) is 7.11 Å². The predicted octanol–water partition coefficient (Wildman–Crippen LogP) is 0.358. The number of hydrogen-bond donors (Lipinski definition) is 0. The Morgan fingerprint density at radius 3 is 2.75 bits per heavy atom. The number of hydrogen-bond acceptors (Lipinski definition) is 3. The summed E-state index contributed by atoms with van der Waals surface area (Å²) in [4.78, 5) is 10.2. The highest BCUT2D eigenvalue weighted by Gasteiger charge is 1.97. The van der Waals surface area contributed by atoms with Gasteiger partial charge in [0.1, 0.15) is 0 Å². The van der Waals surface area contributed by atoms with Gasteiger partial charge in [0, 0.05) is 7.11 Å². The van der Waals surface area contributed by atoms with E-state index >= 15 is 0 Å². The predicted molar refractivity (Wildman–Crippen MR) is 27.9 cm³/mol. The highest BCUT2D eigenvalue weighted by molar-refractivity contribution is 5.76. The van der Waals surface area contributed by atoms with E-state index in [1.54, 1.807) is 6.92 Å². The van der Waals surface area contributed by atoms with E-state index < -0.39 is 5.97 Å². The van der Waals surface area contributed by atoms with Crippen LogP contribution in [0.2, 0.25) is 0 Å². The molecular formula is C5H9O3. The summed E-state index contributed by atoms with van der Waals surface area (Å²) < 4.78 is 8.82. The van der Waals surface area contributed by atoms with Crippen molar-refractivity contribution in [1.29, 1.82) is 0 Å². The summed E-state index contributed by atoms with van der Waals surface area (Å²) in [6.45, 7) is 3.14. The molecule has 0 saturated heterocycles. The van der Waals surface area contributed by atoms with E-state index in [9.17, 15) is 4.79 Å². The lowest BCUT2D eigenvalue weighted by Crippen LogP contribution is -2.04. The molecule has 0 aromatic heterocycles. The summed E-state index contributed by atoms with van der Waals surface area (Å²) in [6.07, 6.45) is 0. The van der Waals surface area contributed by atoms with Gasteiger partial charge in [-0.15, -0.1) is 0 Å². The molecule has 0 aliphatic carbocycles. The van der Waals surface area contributed by atoms with Crippen LogP contribution in [0.5, 0.6) is 0 Å². The van der Waals surface area contributed by atoms with Crippen molar-refractivity contribution in [2.45, 2.75) is 6.92 Å². The Bertz CT molecular complexity index is 62.1. The first-order valence-corrected chi connectivity index (χ1v) is 2.34. The van der Waals surface area contributed by atoms with Crippen LogP contribution in [0.15, 0.2) is 0 Å². The van der Waals surface area contributed by atoms with Gasteiger partial charge in [0.25, 0.3) is 0 Å². The fourth-order valence-electron chi connectivity index (χ4n) is 0.273. The van der Waals surface area contributed by atoms with Gasteiger partial charge in [-0.05, 0) is 6.92 Å². The first kappa shape index (κ1) is 7.43. The summed E-state index contributed by atoms with van der Waals surface area (Å²) in [6, 6.07) is 0. The number of rotatable bonds is 3. The Labute approximate surface area is 48.6 Å². The zero-order chi connectivity index (χ0) is 6.41. The molecule has 0 N–H and O–H groups in total. The molecule has 0 aliphatic rings. The zero-order valence-corrected chi connectivity index (χ0v) is 5.01. The fourth-order valence-corrected chi connectivity index (χ4v) is 0.273. The van der Waals surface area contributed by atoms with Crippen molar-refractivity contribution in [2.75, 3.05) is 13.7 Å². The minimum absolute atomic E-state index is 0.388. The molecule has 0 amide bonds. The second-order valence-electron chi connectivity index (χ2n) is 1.11. The maximum Gasteiger partial charge on any atom is 0.338 e. The van der Waals surface area contributed by atoms with Gasteiger partial charge in [-0.1, -0.05) is 0 Å². The summed E-state index contributed by atoms with van der Waals surface area (Å²) in [5, 5.41) is 0. The molecule has 0 heterocycles. The third-order valence-electron chi connectivity index (χ3n) is 0.501. The fraction of sp³-hybridized carbons (Fsp3) is 0.600. The van der Waals surface area contributed by atoms with Crippen LogP contribution in [-0.4, -0.2) is 19.7 Å². The molecule has 47 valence electrons. The van der Waals surface area contributed by atoms with Crippen LogP contribution < -0.4 is 0 Å². The minimum atomic E-state index is -0.435. The minimum Gasteiger partial charge on any atom is -0.464 e. The first-order chi connectivity index (χ1) is 3.81. The lowest BCUT2D eigenvalue weighted by molar-refractivity contribution is -0.142. The van der Waals surface area contributed by atoms with Crippen LogP contribution in [0.3, 0.4) is 0 Å². The second-order valence-corrected chi connectivity index (χ2v) is 1.11. The van der Waals surface area contributed by atoms with Crippen molar-refractivity contribution in [2.24, 2.45) is 0 Å². The van der Waals surface area contributed by atoms with Crippen molar-refractivity contribution >= 4 is 5.97 Å². The SMILES string of the molecule is CCOC(=O)[CH]OC. The van der Waals surface area contributed by atoms with Gasteiger partial charge in [-0.2, -0.15) is 0 Å². The highest BCUT2D eigenvalue weighted by atomic mass is 16.6. The summed E-state index contributed by atoms with van der Waals surface area (Å²) in [5.74, 6) is -0.435. The lowest BCUT2D eigenvalue weighted by Gasteiger charge is -1.96. The topological polar surface area (TPSA) is 35.5 Å². The molecule has 8 heavy (non-hydrogen) atoms. The van der Waals surface area contributed by atoms with Crippen LogP contribution in [0.4, 0.5) is 0 Å². The lowest BCUT2D eigenvalue weighted by atomic mass is 10.7. The zero-order valence-electron chi connectivity index (χ0n) is 5.01. The van der Waals surface area contributed by atoms with Crippen LogP contribution in [-0.2, 0) is 14.3 Å². The van der Waals surface area contributed by atoms with Gasteiger partial charge in [0.05, 0.1) is 6.61 Å². The van der Waals surface area contributed by atoms with E-state index in [0.29, 0.717) is 6.61 Å². The van der Waals surface area contributed by atoms with Crippen LogP contribution in [0, 0.1) is 6.61 Å². The van der Waals surface area contributed by atoms with Crippen LogP contribution >= 0.6 is 0 Å². The van der Waals surface area contributed by atoms with E-state index in [2.05, 4.69) is 9.47 Å². The molecule has 0 aromatic rings. The van der Waals surface area contributed by atoms with Gasteiger partial charge >= 0.3 is 5.97 Å². The number of esters is 1. The molecule has 3 heteroatoms. The average Bonchev–Trinajstić information content (AvgIpc) is 1.68. The van der Waals surface area contributed by atoms with Gasteiger partial charge < -0.3 is 9.47 Å². The van der Waals surface area contributed by atoms with Gasteiger partial charge in [-0.25, -0.2) is 4.79 Å². The molecule has 1 radical (unpaired) electrons. The summed E-state index contributed by atoms with van der Waals surface area (Å²) in [7, 11) is 1.40. The normalized spacial score (nSPS) is 8.75. The second kappa shape index (κ2) is 4.59. The third-order valence-corrected chi connectivity index (χ3v) is 0.501. The molecule has 0 fully saturated rings. The number of ether oxygens (including phenoxy) is 2. The Balaban J connectivity index is 3.06. The Kier molecular flexibility index (Phi) is 4.26. The Hall–Kier alpha value is -0.570. The molecule has 0 aliphatic heterocycles. The standard InChI is InChI=1S/C5H9O3/c1-3-8-5(6)4-7-2/h4H,3H2,1-2H3. The van der Waals surface area contributed by atoms with Crippen molar-refractivity contribution in [3.63, 3.8) is 0 Å². The van der Waals surface area contributed by atoms with Crippen molar-refractivity contribution < 1.29 is 14.3 Å². The van der Waals surface area contributed by atoms with Crippen LogP contribution in [0.1, 0.15) is 6.92 Å². The maximum absolute atomic E-state index is 10.2. The molecule has 0 rings (SSSR count). The Morgan fingerprint density at radius 2 is 2.38 bits per heavy atom. The highest BCUT2D eigenvalue weighted by Crippen LogP contribution is 1.82. The summed E-state index contributed by atoms with van der Waals surface area (Å²) >= 11 is 0. The quantitative estimate of drug-likeness (QED) is 0.500. The van der Waals surface area contributed by atoms with Crippen molar-refractivity contribution in [1.82, 2.24) is 0 Å². The molecule has 0 aromatic carbocycles. The maximum atomic E-state index is 10.2. The molecular weight excluding hydrogens is 108 g/mol. The largest absolute Gasteiger partial charge is 0.464 e. The third kappa shape index (κ3) is 3.61. The van der Waals surface area contributed by atoms with Gasteiger partial charge in [0.2, 0.25) is 0 Å². The van der Waals surface area contributed by atoms with Gasteiger partial charge in [-0.3, -0.25) is 0 Å². The van der Waals surface area contributed by atoms with E-state index in [0.717, 1.165) is 6.61 Å². The molecule has 0 bridgehead atoms. The molecule has 0 atom stereocenters. The number of carbonyl (C=O) groups is 1. The molecule has 3 nitrogen and oxygen atoms in total. The molecule has 0 unspecified atom stereocenters. The average molecular weight is 117 g/mol. The molecule has 0 saturated carbocycles. The number of methoxy groups -OCH3 is 1. The smallest absolute Gasteiger partial charge is 0.338 e. The molecule has 0 spiro atoms. The number of carbonyl (C=O) groups excluding carboxylic acids is 1. The van der Waals surface area contributed by atoms with Gasteiger partial charge in [0.15, 0.2) is 6.61 Å². The van der Waals surface area contributed by atoms with Crippen LogP contribution in [0.25, 0.3) is 0 Å². The monoisotopic (exact) mass is 117 g/mol. The van der Waals surface area contributed by atoms with E-state index in [-0.39, 0.29) is 0 Å². The van der Waals surface area contributed by atoms with E-state index in [1.807, 2.05) is 0 Å². The van der Waals surface area contributed by atoms with Crippen molar-refractivity contribution in [3.05, 3.63) is 6.61 Å². The first-order valence-electron chi connectivity index (χ1n) is 2.34. The Morgan fingerprint density at radius 1 is 1.75 bits per heavy atom. The van der Waals surface area contributed by atoms with E-state index in [4.69, 9.17) is 0 Å². The summed E-state index contributed by atoms with van der Waals surface area (Å²) in [5.41, 5.74) is 0. The van der Waals surface area contributed by atoms with Crippen molar-refractivity contribution in [3.8, 4) is 0 Å².